The van der Waals surface area contributed by atoms with Crippen molar-refractivity contribution in [2.45, 2.75) is 27.3 Å². The third-order valence-corrected chi connectivity index (χ3v) is 3.52. The normalized spacial score (nSPS) is 11.2. The van der Waals surface area contributed by atoms with Gasteiger partial charge in [0.15, 0.2) is 5.13 Å². The average molecular weight is 271 g/mol. The van der Waals surface area contributed by atoms with Crippen molar-refractivity contribution >= 4 is 16.5 Å². The molecule has 0 aliphatic carbocycles. The van der Waals surface area contributed by atoms with Crippen molar-refractivity contribution in [3.05, 3.63) is 11.1 Å². The third kappa shape index (κ3) is 5.33. The van der Waals surface area contributed by atoms with Crippen molar-refractivity contribution in [2.24, 2.45) is 5.92 Å². The smallest absolute Gasteiger partial charge is 0.185 e. The lowest BCUT2D eigenvalue weighted by molar-refractivity contribution is 0.199. The molecule has 1 heterocycles. The maximum absolute atomic E-state index is 5.00. The fourth-order valence-electron chi connectivity index (χ4n) is 1.70. The lowest BCUT2D eigenvalue weighted by atomic mass is 10.2. The van der Waals surface area contributed by atoms with Crippen LogP contribution in [-0.2, 0) is 11.3 Å². The summed E-state index contributed by atoms with van der Waals surface area (Å²) in [7, 11) is 1.72. The van der Waals surface area contributed by atoms with Gasteiger partial charge in [0.05, 0.1) is 12.3 Å². The lowest BCUT2D eigenvalue weighted by Gasteiger charge is -2.21. The molecule has 0 atom stereocenters. The number of ether oxygens (including phenoxy) is 1. The van der Waals surface area contributed by atoms with Crippen LogP contribution in [0.5, 0.6) is 0 Å². The van der Waals surface area contributed by atoms with E-state index in [9.17, 15) is 0 Å². The lowest BCUT2D eigenvalue weighted by Crippen LogP contribution is -2.27. The van der Waals surface area contributed by atoms with Gasteiger partial charge in [-0.2, -0.15) is 0 Å². The third-order valence-electron chi connectivity index (χ3n) is 2.57. The largest absolute Gasteiger partial charge is 0.383 e. The SMILES string of the molecule is CCN(CC(C)C)c1nc(CNCCOC)cs1. The molecule has 1 aromatic heterocycles. The van der Waals surface area contributed by atoms with Crippen molar-refractivity contribution in [1.82, 2.24) is 10.3 Å². The maximum atomic E-state index is 5.00. The van der Waals surface area contributed by atoms with E-state index in [4.69, 9.17) is 4.74 Å². The second-order valence-electron chi connectivity index (χ2n) is 4.72. The second-order valence-corrected chi connectivity index (χ2v) is 5.56. The number of aromatic nitrogens is 1. The minimum absolute atomic E-state index is 0.664. The molecule has 5 heteroatoms. The van der Waals surface area contributed by atoms with Gasteiger partial charge < -0.3 is 15.0 Å². The predicted octanol–water partition coefficient (Wildman–Crippen LogP) is 2.36. The molecule has 0 bridgehead atoms. The molecule has 0 radical (unpaired) electrons. The Balaban J connectivity index is 2.45. The number of thiazole rings is 1. The Hall–Kier alpha value is -0.650. The van der Waals surface area contributed by atoms with E-state index >= 15 is 0 Å². The zero-order chi connectivity index (χ0) is 13.4. The van der Waals surface area contributed by atoms with Crippen LogP contribution < -0.4 is 10.2 Å². The maximum Gasteiger partial charge on any atom is 0.185 e. The van der Waals surface area contributed by atoms with Gasteiger partial charge in [0.1, 0.15) is 0 Å². The van der Waals surface area contributed by atoms with Crippen LogP contribution in [0.25, 0.3) is 0 Å². The van der Waals surface area contributed by atoms with Gasteiger partial charge in [-0.3, -0.25) is 0 Å². The number of nitrogens with zero attached hydrogens (tertiary/aromatic N) is 2. The number of rotatable bonds is 9. The number of hydrogen-bond donors (Lipinski definition) is 1. The van der Waals surface area contributed by atoms with Gasteiger partial charge in [-0.15, -0.1) is 11.3 Å². The molecule has 104 valence electrons. The van der Waals surface area contributed by atoms with Crippen molar-refractivity contribution in [3.8, 4) is 0 Å². The van der Waals surface area contributed by atoms with E-state index in [2.05, 4.69) is 41.4 Å². The standard InChI is InChI=1S/C13H25N3OS/c1-5-16(9-11(2)3)13-15-12(10-18-13)8-14-6-7-17-4/h10-11,14H,5-9H2,1-4H3. The first-order valence-electron chi connectivity index (χ1n) is 6.56. The molecule has 4 nitrogen and oxygen atoms in total. The number of anilines is 1. The molecule has 1 aromatic rings. The summed E-state index contributed by atoms with van der Waals surface area (Å²) in [6, 6.07) is 0. The summed E-state index contributed by atoms with van der Waals surface area (Å²) in [6.07, 6.45) is 0. The van der Waals surface area contributed by atoms with Crippen LogP contribution >= 0.6 is 11.3 Å². The highest BCUT2D eigenvalue weighted by Gasteiger charge is 2.10. The minimum atomic E-state index is 0.664. The summed E-state index contributed by atoms with van der Waals surface area (Å²) < 4.78 is 5.00. The van der Waals surface area contributed by atoms with E-state index in [1.807, 2.05) is 0 Å². The van der Waals surface area contributed by atoms with E-state index in [1.165, 1.54) is 0 Å². The average Bonchev–Trinajstić information content (AvgIpc) is 2.80. The van der Waals surface area contributed by atoms with Gasteiger partial charge in [-0.1, -0.05) is 13.8 Å². The van der Waals surface area contributed by atoms with Gasteiger partial charge in [-0.25, -0.2) is 4.98 Å². The van der Waals surface area contributed by atoms with Gasteiger partial charge in [0, 0.05) is 38.7 Å². The Bertz CT molecular complexity index is 328. The zero-order valence-electron chi connectivity index (χ0n) is 11.9. The topological polar surface area (TPSA) is 37.4 Å². The molecule has 0 unspecified atom stereocenters. The first-order chi connectivity index (χ1) is 8.67. The van der Waals surface area contributed by atoms with Gasteiger partial charge in [-0.05, 0) is 12.8 Å². The first kappa shape index (κ1) is 15.4. The highest BCUT2D eigenvalue weighted by atomic mass is 32.1. The summed E-state index contributed by atoms with van der Waals surface area (Å²) in [5, 5.41) is 6.59. The highest BCUT2D eigenvalue weighted by Crippen LogP contribution is 2.21. The van der Waals surface area contributed by atoms with Crippen LogP contribution in [0.3, 0.4) is 0 Å². The monoisotopic (exact) mass is 271 g/mol. The fourth-order valence-corrected chi connectivity index (χ4v) is 2.60. The summed E-state index contributed by atoms with van der Waals surface area (Å²) in [5.74, 6) is 0.664. The van der Waals surface area contributed by atoms with Gasteiger partial charge in [0.25, 0.3) is 0 Å². The summed E-state index contributed by atoms with van der Waals surface area (Å²) >= 11 is 1.73. The Morgan fingerprint density at radius 2 is 2.28 bits per heavy atom. The van der Waals surface area contributed by atoms with Gasteiger partial charge >= 0.3 is 0 Å². The summed E-state index contributed by atoms with van der Waals surface area (Å²) in [6.45, 7) is 11.2. The van der Waals surface area contributed by atoms with E-state index < -0.39 is 0 Å². The molecule has 0 aliphatic rings. The Morgan fingerprint density at radius 3 is 2.89 bits per heavy atom. The van der Waals surface area contributed by atoms with Crippen molar-refractivity contribution < 1.29 is 4.74 Å². The first-order valence-corrected chi connectivity index (χ1v) is 7.44. The molecule has 1 rings (SSSR count). The summed E-state index contributed by atoms with van der Waals surface area (Å²) in [4.78, 5) is 7.01. The molecule has 0 aliphatic heterocycles. The van der Waals surface area contributed by atoms with Crippen LogP contribution in [0, 0.1) is 5.92 Å². The van der Waals surface area contributed by atoms with E-state index in [-0.39, 0.29) is 0 Å². The van der Waals surface area contributed by atoms with Crippen LogP contribution in [0.15, 0.2) is 5.38 Å². The zero-order valence-corrected chi connectivity index (χ0v) is 12.7. The molecule has 18 heavy (non-hydrogen) atoms. The second kappa shape index (κ2) is 8.45. The molecule has 0 aromatic carbocycles. The Morgan fingerprint density at radius 1 is 1.50 bits per heavy atom. The Labute approximate surface area is 114 Å². The number of methoxy groups -OCH3 is 1. The summed E-state index contributed by atoms with van der Waals surface area (Å²) in [5.41, 5.74) is 1.12. The Kier molecular flexibility index (Phi) is 7.23. The quantitative estimate of drug-likeness (QED) is 0.700. The fraction of sp³-hybridized carbons (Fsp3) is 0.769. The van der Waals surface area contributed by atoms with E-state index in [0.717, 1.165) is 43.6 Å². The molecular weight excluding hydrogens is 246 g/mol. The minimum Gasteiger partial charge on any atom is -0.383 e. The number of nitrogens with one attached hydrogen (secondary N) is 1. The predicted molar refractivity (Wildman–Crippen MR) is 78.4 cm³/mol. The van der Waals surface area contributed by atoms with Crippen molar-refractivity contribution in [2.75, 3.05) is 38.3 Å². The van der Waals surface area contributed by atoms with E-state index in [1.54, 1.807) is 18.4 Å². The molecule has 0 fully saturated rings. The number of hydrogen-bond acceptors (Lipinski definition) is 5. The van der Waals surface area contributed by atoms with Gasteiger partial charge in [0.2, 0.25) is 0 Å². The highest BCUT2D eigenvalue weighted by molar-refractivity contribution is 7.13. The van der Waals surface area contributed by atoms with Crippen LogP contribution in [0.2, 0.25) is 0 Å². The van der Waals surface area contributed by atoms with Crippen LogP contribution in [0.1, 0.15) is 26.5 Å². The molecule has 0 spiro atoms. The van der Waals surface area contributed by atoms with Crippen LogP contribution in [-0.4, -0.2) is 38.3 Å². The molecule has 0 saturated carbocycles. The molecule has 0 saturated heterocycles. The van der Waals surface area contributed by atoms with Crippen molar-refractivity contribution in [3.63, 3.8) is 0 Å². The van der Waals surface area contributed by atoms with Crippen LogP contribution in [0.4, 0.5) is 5.13 Å². The molecule has 1 N–H and O–H groups in total. The van der Waals surface area contributed by atoms with E-state index in [0.29, 0.717) is 5.92 Å². The molecular formula is C13H25N3OS. The van der Waals surface area contributed by atoms with Crippen molar-refractivity contribution in [1.29, 1.82) is 0 Å². The molecule has 0 amide bonds.